The van der Waals surface area contributed by atoms with Crippen molar-refractivity contribution in [2.75, 3.05) is 0 Å². The Morgan fingerprint density at radius 3 is 1.67 bits per heavy atom. The molecular weight excluding hydrogens is 292 g/mol. The van der Waals surface area contributed by atoms with E-state index < -0.39 is 0 Å². The van der Waals surface area contributed by atoms with E-state index >= 15 is 0 Å². The van der Waals surface area contributed by atoms with E-state index in [-0.39, 0.29) is 0 Å². The zero-order valence-electron chi connectivity index (χ0n) is 13.9. The Bertz CT molecular complexity index is 769. The van der Waals surface area contributed by atoms with Crippen molar-refractivity contribution in [3.63, 3.8) is 0 Å². The number of rotatable bonds is 4. The second kappa shape index (κ2) is 6.60. The zero-order valence-corrected chi connectivity index (χ0v) is 13.9. The molecule has 2 aromatic carbocycles. The summed E-state index contributed by atoms with van der Waals surface area (Å²) >= 11 is 0. The lowest BCUT2D eigenvalue weighted by Gasteiger charge is -2.19. The van der Waals surface area contributed by atoms with Gasteiger partial charge in [-0.05, 0) is 59.1 Å². The number of fused-ring (bicyclic) bond motifs is 2. The summed E-state index contributed by atoms with van der Waals surface area (Å²) < 4.78 is 0. The maximum absolute atomic E-state index is 12.7. The number of carbonyl (C=O) groups excluding carboxylic acids is 1. The number of hydrogen-bond donors (Lipinski definition) is 0. The lowest BCUT2D eigenvalue weighted by Crippen LogP contribution is -2.08. The molecule has 0 heterocycles. The predicted molar refractivity (Wildman–Crippen MR) is 99.7 cm³/mol. The van der Waals surface area contributed by atoms with Crippen LogP contribution in [0.25, 0.3) is 11.1 Å². The third kappa shape index (κ3) is 2.99. The first-order valence-electron chi connectivity index (χ1n) is 8.87. The summed E-state index contributed by atoms with van der Waals surface area (Å²) in [4.78, 5) is 12.7. The lowest BCUT2D eigenvalue weighted by molar-refractivity contribution is -0.117. The molecule has 0 spiro atoms. The Kier molecular flexibility index (Phi) is 4.17. The van der Waals surface area contributed by atoms with Crippen LogP contribution in [0.3, 0.4) is 0 Å². The molecule has 2 aliphatic carbocycles. The molecule has 2 aliphatic rings. The van der Waals surface area contributed by atoms with Crippen LogP contribution in [0.4, 0.5) is 0 Å². The molecule has 0 bridgehead atoms. The first-order chi connectivity index (χ1) is 11.8. The third-order valence-corrected chi connectivity index (χ3v) is 5.11. The summed E-state index contributed by atoms with van der Waals surface area (Å²) in [6.07, 6.45) is 9.88. The normalized spacial score (nSPS) is 15.8. The minimum Gasteiger partial charge on any atom is -0.299 e. The van der Waals surface area contributed by atoms with E-state index in [1.54, 1.807) is 0 Å². The van der Waals surface area contributed by atoms with Gasteiger partial charge in [-0.2, -0.15) is 0 Å². The minimum absolute atomic E-state index is 0.320. The molecule has 0 saturated carbocycles. The topological polar surface area (TPSA) is 17.1 Å². The summed E-state index contributed by atoms with van der Waals surface area (Å²) in [5, 5.41) is 0. The number of allylic oxidation sites excluding steroid dienone is 4. The van der Waals surface area contributed by atoms with Crippen molar-refractivity contribution in [2.24, 2.45) is 0 Å². The van der Waals surface area contributed by atoms with Gasteiger partial charge in [0.2, 0.25) is 0 Å². The molecule has 1 heteroatoms. The number of carbonyl (C=O) groups is 1. The average Bonchev–Trinajstić information content (AvgIpc) is 2.62. The molecule has 0 unspecified atom stereocenters. The van der Waals surface area contributed by atoms with Gasteiger partial charge in [0.25, 0.3) is 0 Å². The van der Waals surface area contributed by atoms with Crippen molar-refractivity contribution in [3.8, 4) is 0 Å². The van der Waals surface area contributed by atoms with Gasteiger partial charge in [-0.3, -0.25) is 4.79 Å². The predicted octanol–water partition coefficient (Wildman–Crippen LogP) is 5.40. The van der Waals surface area contributed by atoms with Crippen LogP contribution < -0.4 is 0 Å². The fraction of sp³-hybridized carbons (Fsp3) is 0.261. The number of benzene rings is 2. The van der Waals surface area contributed by atoms with Crippen LogP contribution in [-0.4, -0.2) is 5.78 Å². The van der Waals surface area contributed by atoms with Crippen molar-refractivity contribution in [2.45, 2.75) is 38.5 Å². The van der Waals surface area contributed by atoms with Crippen LogP contribution in [0, 0.1) is 0 Å². The molecule has 0 saturated heterocycles. The van der Waals surface area contributed by atoms with E-state index in [0.717, 1.165) is 25.7 Å². The number of Topliss-reactive ketones (excluding diaryl/α,β-unsaturated/α-hetero) is 1. The quantitative estimate of drug-likeness (QED) is 0.739. The van der Waals surface area contributed by atoms with Gasteiger partial charge in [0.15, 0.2) is 0 Å². The second-order valence-electron chi connectivity index (χ2n) is 6.74. The Balaban J connectivity index is 1.50. The monoisotopic (exact) mass is 314 g/mol. The highest BCUT2D eigenvalue weighted by atomic mass is 16.1. The number of hydrogen-bond acceptors (Lipinski definition) is 1. The van der Waals surface area contributed by atoms with E-state index in [9.17, 15) is 4.79 Å². The van der Waals surface area contributed by atoms with Crippen molar-refractivity contribution >= 4 is 16.9 Å². The molecule has 0 N–H and O–H groups in total. The van der Waals surface area contributed by atoms with Gasteiger partial charge < -0.3 is 0 Å². The molecule has 0 fully saturated rings. The molecule has 1 nitrogen and oxygen atoms in total. The average molecular weight is 314 g/mol. The third-order valence-electron chi connectivity index (χ3n) is 5.11. The van der Waals surface area contributed by atoms with Gasteiger partial charge in [0.1, 0.15) is 5.78 Å². The molecule has 0 atom stereocenters. The van der Waals surface area contributed by atoms with Crippen LogP contribution in [-0.2, 0) is 17.6 Å². The molecule has 0 radical (unpaired) electrons. The molecule has 0 aromatic heterocycles. The second-order valence-corrected chi connectivity index (χ2v) is 6.74. The standard InChI is InChI=1S/C23H22O/c24-21(15-19-11-5-9-17-7-1-3-13-22(17)19)16-20-12-6-10-18-8-2-4-14-23(18)20/h1-4,7-8,11-14H,5-6,9-10,15-16H2. The largest absolute Gasteiger partial charge is 0.299 e. The molecular formula is C23H22O. The maximum Gasteiger partial charge on any atom is 0.141 e. The number of ketones is 1. The van der Waals surface area contributed by atoms with Crippen LogP contribution in [0.1, 0.15) is 47.9 Å². The Morgan fingerprint density at radius 2 is 1.17 bits per heavy atom. The van der Waals surface area contributed by atoms with E-state index in [4.69, 9.17) is 0 Å². The first-order valence-corrected chi connectivity index (χ1v) is 8.87. The fourth-order valence-electron chi connectivity index (χ4n) is 3.95. The van der Waals surface area contributed by atoms with E-state index in [1.807, 2.05) is 0 Å². The first kappa shape index (κ1) is 15.1. The van der Waals surface area contributed by atoms with Gasteiger partial charge in [0.05, 0.1) is 0 Å². The van der Waals surface area contributed by atoms with Gasteiger partial charge >= 0.3 is 0 Å². The van der Waals surface area contributed by atoms with Crippen LogP contribution in [0.5, 0.6) is 0 Å². The zero-order chi connectivity index (χ0) is 16.4. The smallest absolute Gasteiger partial charge is 0.141 e. The SMILES string of the molecule is O=C(CC1=CCCc2ccccc21)CC1=CCCc2ccccc21. The lowest BCUT2D eigenvalue weighted by atomic mass is 9.85. The summed E-state index contributed by atoms with van der Waals surface area (Å²) in [6.45, 7) is 0. The fourth-order valence-corrected chi connectivity index (χ4v) is 3.95. The highest BCUT2D eigenvalue weighted by Crippen LogP contribution is 2.32. The molecule has 0 amide bonds. The molecule has 24 heavy (non-hydrogen) atoms. The highest BCUT2D eigenvalue weighted by Gasteiger charge is 2.18. The van der Waals surface area contributed by atoms with Crippen molar-refractivity contribution < 1.29 is 4.79 Å². The van der Waals surface area contributed by atoms with E-state index in [2.05, 4.69) is 60.7 Å². The summed E-state index contributed by atoms with van der Waals surface area (Å²) in [7, 11) is 0. The van der Waals surface area contributed by atoms with Gasteiger partial charge in [0, 0.05) is 12.8 Å². The van der Waals surface area contributed by atoms with Gasteiger partial charge in [-0.15, -0.1) is 0 Å². The van der Waals surface area contributed by atoms with E-state index in [1.165, 1.54) is 33.4 Å². The summed E-state index contributed by atoms with van der Waals surface area (Å²) in [5.41, 5.74) is 7.73. The maximum atomic E-state index is 12.7. The van der Waals surface area contributed by atoms with Crippen LogP contribution in [0.15, 0.2) is 60.7 Å². The van der Waals surface area contributed by atoms with Crippen LogP contribution in [0.2, 0.25) is 0 Å². The molecule has 120 valence electrons. The Labute approximate surface area is 143 Å². The van der Waals surface area contributed by atoms with Crippen molar-refractivity contribution in [1.29, 1.82) is 0 Å². The number of aryl methyl sites for hydroxylation is 2. The molecule has 4 rings (SSSR count). The highest BCUT2D eigenvalue weighted by molar-refractivity contribution is 5.97. The van der Waals surface area contributed by atoms with E-state index in [0.29, 0.717) is 18.6 Å². The molecule has 0 aliphatic heterocycles. The summed E-state index contributed by atoms with van der Waals surface area (Å²) in [6, 6.07) is 17.0. The summed E-state index contributed by atoms with van der Waals surface area (Å²) in [5.74, 6) is 0.320. The minimum atomic E-state index is 0.320. The molecule has 2 aromatic rings. The van der Waals surface area contributed by atoms with Crippen LogP contribution >= 0.6 is 0 Å². The van der Waals surface area contributed by atoms with Gasteiger partial charge in [-0.1, -0.05) is 60.7 Å². The Hall–Kier alpha value is -2.41. The van der Waals surface area contributed by atoms with Crippen molar-refractivity contribution in [3.05, 3.63) is 82.9 Å². The van der Waals surface area contributed by atoms with Crippen molar-refractivity contribution in [1.82, 2.24) is 0 Å². The van der Waals surface area contributed by atoms with Gasteiger partial charge in [-0.25, -0.2) is 0 Å². The Morgan fingerprint density at radius 1 is 0.708 bits per heavy atom.